The van der Waals surface area contributed by atoms with Gasteiger partial charge < -0.3 is 15.2 Å². The Morgan fingerprint density at radius 1 is 0.931 bits per heavy atom. The Morgan fingerprint density at radius 2 is 1.55 bits per heavy atom. The van der Waals surface area contributed by atoms with Crippen molar-refractivity contribution in [1.29, 1.82) is 0 Å². The van der Waals surface area contributed by atoms with Gasteiger partial charge in [-0.25, -0.2) is 0 Å². The highest BCUT2D eigenvalue weighted by Gasteiger charge is 2.28. The molecule has 29 heavy (non-hydrogen) atoms. The molecule has 0 atom stereocenters. The molecule has 8 heteroatoms. The van der Waals surface area contributed by atoms with E-state index in [4.69, 9.17) is 0 Å². The molecule has 0 saturated heterocycles. The summed E-state index contributed by atoms with van der Waals surface area (Å²) in [4.78, 5) is 24.5. The molecule has 0 fully saturated rings. The van der Waals surface area contributed by atoms with E-state index in [0.29, 0.717) is 16.8 Å². The van der Waals surface area contributed by atoms with Crippen LogP contribution in [-0.2, 0) is 0 Å². The number of carbonyl (C=O) groups excluding carboxylic acids is 2. The molecule has 0 bridgehead atoms. The van der Waals surface area contributed by atoms with Gasteiger partial charge in [0.1, 0.15) is 6.54 Å². The average molecular weight is 401 g/mol. The topological polar surface area (TPSA) is 63.1 Å². The van der Waals surface area contributed by atoms with Gasteiger partial charge in [0, 0.05) is 34.9 Å². The second-order valence-electron chi connectivity index (χ2n) is 6.42. The smallest absolute Gasteiger partial charge is 0.343 e. The molecule has 0 aliphatic rings. The number of anilines is 1. The summed E-state index contributed by atoms with van der Waals surface area (Å²) >= 11 is 0. The molecule has 2 N–H and O–H groups in total. The van der Waals surface area contributed by atoms with E-state index in [2.05, 4.69) is 5.32 Å². The number of benzene rings is 2. The van der Waals surface area contributed by atoms with E-state index in [-0.39, 0.29) is 11.5 Å². The fourth-order valence-corrected chi connectivity index (χ4v) is 2.67. The van der Waals surface area contributed by atoms with Gasteiger partial charge in [-0.3, -0.25) is 9.59 Å². The van der Waals surface area contributed by atoms with Crippen molar-refractivity contribution >= 4 is 17.5 Å². The third-order valence-electron chi connectivity index (χ3n) is 4.23. The first-order valence-corrected chi connectivity index (χ1v) is 8.73. The summed E-state index contributed by atoms with van der Waals surface area (Å²) in [5.41, 5.74) is 2.36. The number of amides is 2. The Hall–Kier alpha value is -3.55. The second kappa shape index (κ2) is 8.22. The van der Waals surface area contributed by atoms with Crippen LogP contribution in [0.4, 0.5) is 18.9 Å². The minimum atomic E-state index is -4.50. The summed E-state index contributed by atoms with van der Waals surface area (Å²) in [6.07, 6.45) is -0.730. The van der Waals surface area contributed by atoms with Crippen LogP contribution in [0.15, 0.2) is 67.0 Å². The zero-order valence-electron chi connectivity index (χ0n) is 15.5. The summed E-state index contributed by atoms with van der Waals surface area (Å²) in [6.45, 7) is 0.303. The lowest BCUT2D eigenvalue weighted by atomic mass is 10.1. The van der Waals surface area contributed by atoms with E-state index < -0.39 is 18.6 Å². The maximum Gasteiger partial charge on any atom is 0.405 e. The molecule has 3 aromatic rings. The molecule has 0 aliphatic carbocycles. The molecule has 1 aromatic heterocycles. The van der Waals surface area contributed by atoms with Gasteiger partial charge >= 0.3 is 6.18 Å². The number of nitrogens with zero attached hydrogens (tertiary/aromatic N) is 1. The van der Waals surface area contributed by atoms with E-state index in [0.717, 1.165) is 5.69 Å². The zero-order valence-corrected chi connectivity index (χ0v) is 15.5. The number of alkyl halides is 3. The summed E-state index contributed by atoms with van der Waals surface area (Å²) in [5, 5.41) is 4.51. The predicted molar refractivity (Wildman–Crippen MR) is 103 cm³/mol. The fourth-order valence-electron chi connectivity index (χ4n) is 2.67. The lowest BCUT2D eigenvalue weighted by molar-refractivity contribution is -0.123. The van der Waals surface area contributed by atoms with Gasteiger partial charge in [-0.05, 0) is 61.0 Å². The number of hydrogen-bond acceptors (Lipinski definition) is 2. The van der Waals surface area contributed by atoms with Crippen molar-refractivity contribution in [1.82, 2.24) is 9.88 Å². The van der Waals surface area contributed by atoms with Gasteiger partial charge in [-0.1, -0.05) is 6.07 Å². The van der Waals surface area contributed by atoms with Crippen LogP contribution in [0.3, 0.4) is 0 Å². The third-order valence-corrected chi connectivity index (χ3v) is 4.23. The van der Waals surface area contributed by atoms with Crippen molar-refractivity contribution in [2.75, 3.05) is 11.9 Å². The summed E-state index contributed by atoms with van der Waals surface area (Å²) in [7, 11) is 0. The summed E-state index contributed by atoms with van der Waals surface area (Å²) in [6, 6.07) is 15.0. The maximum atomic E-state index is 12.5. The third kappa shape index (κ3) is 5.25. The highest BCUT2D eigenvalue weighted by atomic mass is 19.4. The molecule has 0 spiro atoms. The van der Waals surface area contributed by atoms with Crippen molar-refractivity contribution in [3.05, 3.63) is 83.7 Å². The molecule has 0 saturated carbocycles. The molecular formula is C21H18F3N3O2. The number of halogens is 3. The Morgan fingerprint density at radius 3 is 2.17 bits per heavy atom. The van der Waals surface area contributed by atoms with E-state index in [9.17, 15) is 22.8 Å². The molecule has 150 valence electrons. The lowest BCUT2D eigenvalue weighted by Crippen LogP contribution is -2.33. The average Bonchev–Trinajstić information content (AvgIpc) is 3.22. The molecule has 2 aromatic carbocycles. The van der Waals surface area contributed by atoms with Gasteiger partial charge in [-0.2, -0.15) is 13.2 Å². The van der Waals surface area contributed by atoms with Crippen LogP contribution < -0.4 is 10.6 Å². The van der Waals surface area contributed by atoms with Crippen LogP contribution in [0.1, 0.15) is 26.3 Å². The molecule has 1 heterocycles. The normalized spacial score (nSPS) is 11.2. The number of carbonyl (C=O) groups is 2. The quantitative estimate of drug-likeness (QED) is 0.669. The molecule has 0 aliphatic heterocycles. The Bertz CT molecular complexity index is 1010. The monoisotopic (exact) mass is 401 g/mol. The van der Waals surface area contributed by atoms with Crippen LogP contribution in [0, 0.1) is 6.92 Å². The Labute approximate surface area is 165 Å². The van der Waals surface area contributed by atoms with Crippen LogP contribution >= 0.6 is 0 Å². The van der Waals surface area contributed by atoms with Gasteiger partial charge in [0.05, 0.1) is 0 Å². The highest BCUT2D eigenvalue weighted by Crippen LogP contribution is 2.19. The first-order valence-electron chi connectivity index (χ1n) is 8.73. The number of aromatic nitrogens is 1. The van der Waals surface area contributed by atoms with Crippen LogP contribution in [0.25, 0.3) is 5.69 Å². The second-order valence-corrected chi connectivity index (χ2v) is 6.42. The largest absolute Gasteiger partial charge is 0.405 e. The molecular weight excluding hydrogens is 383 g/mol. The molecule has 3 rings (SSSR count). The minimum Gasteiger partial charge on any atom is -0.343 e. The molecule has 0 radical (unpaired) electrons. The SMILES string of the molecule is Cc1ccc(C(=O)NCC(F)(F)F)cc1NC(=O)c1ccc(-n2cccc2)cc1. The molecule has 5 nitrogen and oxygen atoms in total. The number of hydrogen-bond donors (Lipinski definition) is 2. The summed E-state index contributed by atoms with van der Waals surface area (Å²) in [5.74, 6) is -1.26. The minimum absolute atomic E-state index is 0.0260. The Balaban J connectivity index is 1.72. The van der Waals surface area contributed by atoms with Crippen molar-refractivity contribution in [3.8, 4) is 5.69 Å². The lowest BCUT2D eigenvalue weighted by Gasteiger charge is -2.12. The van der Waals surface area contributed by atoms with Crippen LogP contribution in [-0.4, -0.2) is 29.1 Å². The van der Waals surface area contributed by atoms with Gasteiger partial charge in [0.15, 0.2) is 0 Å². The van der Waals surface area contributed by atoms with Crippen molar-refractivity contribution in [2.45, 2.75) is 13.1 Å². The molecule has 2 amide bonds. The van der Waals surface area contributed by atoms with Crippen LogP contribution in [0.2, 0.25) is 0 Å². The van der Waals surface area contributed by atoms with Gasteiger partial charge in [-0.15, -0.1) is 0 Å². The van der Waals surface area contributed by atoms with Crippen molar-refractivity contribution in [3.63, 3.8) is 0 Å². The number of rotatable bonds is 5. The Kier molecular flexibility index (Phi) is 5.72. The maximum absolute atomic E-state index is 12.5. The highest BCUT2D eigenvalue weighted by molar-refractivity contribution is 6.05. The molecule has 0 unspecified atom stereocenters. The van der Waals surface area contributed by atoms with Gasteiger partial charge in [0.2, 0.25) is 0 Å². The van der Waals surface area contributed by atoms with Crippen LogP contribution in [0.5, 0.6) is 0 Å². The summed E-state index contributed by atoms with van der Waals surface area (Å²) < 4.78 is 38.7. The van der Waals surface area contributed by atoms with E-state index in [1.165, 1.54) is 12.1 Å². The first kappa shape index (κ1) is 20.2. The number of aryl methyl sites for hydroxylation is 1. The first-order chi connectivity index (χ1) is 13.7. The van der Waals surface area contributed by atoms with Gasteiger partial charge in [0.25, 0.3) is 11.8 Å². The van der Waals surface area contributed by atoms with E-state index >= 15 is 0 Å². The predicted octanol–water partition coefficient (Wildman–Crippen LogP) is 4.33. The van der Waals surface area contributed by atoms with Crippen molar-refractivity contribution in [2.24, 2.45) is 0 Å². The van der Waals surface area contributed by atoms with E-state index in [1.54, 1.807) is 37.3 Å². The van der Waals surface area contributed by atoms with E-state index in [1.807, 2.05) is 34.4 Å². The standard InChI is InChI=1S/C21H18F3N3O2/c1-14-4-5-16(19(28)25-13-21(22,23)24)12-18(14)26-20(29)15-6-8-17(9-7-15)27-10-2-3-11-27/h2-12H,13H2,1H3,(H,25,28)(H,26,29). The number of nitrogens with one attached hydrogen (secondary N) is 2. The zero-order chi connectivity index (χ0) is 21.0. The fraction of sp³-hybridized carbons (Fsp3) is 0.143. The van der Waals surface area contributed by atoms with Crippen molar-refractivity contribution < 1.29 is 22.8 Å².